The lowest BCUT2D eigenvalue weighted by Gasteiger charge is -2.25. The first-order chi connectivity index (χ1) is 14.7. The van der Waals surface area contributed by atoms with Gasteiger partial charge < -0.3 is 10.6 Å². The van der Waals surface area contributed by atoms with Crippen molar-refractivity contribution in [2.24, 2.45) is 5.14 Å². The molecule has 164 valence electrons. The number of hydrogen-bond donors (Lipinski definition) is 3. The van der Waals surface area contributed by atoms with Gasteiger partial charge in [0.15, 0.2) is 0 Å². The van der Waals surface area contributed by atoms with Gasteiger partial charge in [-0.1, -0.05) is 49.4 Å². The second-order valence-electron chi connectivity index (χ2n) is 7.24. The van der Waals surface area contributed by atoms with Gasteiger partial charge in [0.25, 0.3) is 5.91 Å². The van der Waals surface area contributed by atoms with Crippen molar-refractivity contribution < 1.29 is 22.8 Å². The maximum absolute atomic E-state index is 13.0. The highest BCUT2D eigenvalue weighted by molar-refractivity contribution is 7.89. The summed E-state index contributed by atoms with van der Waals surface area (Å²) in [5.74, 6) is -0.926. The normalized spacial score (nSPS) is 18.7. The molecule has 9 nitrogen and oxygen atoms in total. The Bertz CT molecular complexity index is 1090. The molecule has 31 heavy (non-hydrogen) atoms. The first-order valence-corrected chi connectivity index (χ1v) is 11.3. The molecule has 0 spiro atoms. The summed E-state index contributed by atoms with van der Waals surface area (Å²) in [6.45, 7) is 1.67. The number of amides is 4. The Morgan fingerprint density at radius 3 is 2.32 bits per heavy atom. The summed E-state index contributed by atoms with van der Waals surface area (Å²) < 4.78 is 22.6. The first kappa shape index (κ1) is 22.4. The molecule has 1 aliphatic heterocycles. The van der Waals surface area contributed by atoms with Crippen LogP contribution in [-0.4, -0.2) is 44.3 Å². The lowest BCUT2D eigenvalue weighted by Crippen LogP contribution is -2.45. The molecule has 0 unspecified atom stereocenters. The number of sulfonamides is 1. The van der Waals surface area contributed by atoms with Gasteiger partial charge >= 0.3 is 6.03 Å². The molecule has 1 fully saturated rings. The smallest absolute Gasteiger partial charge is 0.325 e. The van der Waals surface area contributed by atoms with Crippen molar-refractivity contribution >= 4 is 27.9 Å². The molecule has 0 radical (unpaired) electrons. The number of benzene rings is 2. The minimum absolute atomic E-state index is 0.0108. The van der Waals surface area contributed by atoms with Gasteiger partial charge in [-0.25, -0.2) is 18.4 Å². The summed E-state index contributed by atoms with van der Waals surface area (Å²) in [4.78, 5) is 38.7. The summed E-state index contributed by atoms with van der Waals surface area (Å²) >= 11 is 0. The van der Waals surface area contributed by atoms with E-state index >= 15 is 0 Å². The van der Waals surface area contributed by atoms with E-state index < -0.39 is 33.4 Å². The monoisotopic (exact) mass is 444 g/mol. The maximum atomic E-state index is 13.0. The van der Waals surface area contributed by atoms with Crippen LogP contribution in [0.15, 0.2) is 59.5 Å². The zero-order chi connectivity index (χ0) is 22.6. The zero-order valence-electron chi connectivity index (χ0n) is 17.0. The number of urea groups is 1. The van der Waals surface area contributed by atoms with Crippen LogP contribution in [0.5, 0.6) is 0 Å². The van der Waals surface area contributed by atoms with Gasteiger partial charge in [0.2, 0.25) is 15.9 Å². The number of hydrogen-bond acceptors (Lipinski definition) is 5. The van der Waals surface area contributed by atoms with Gasteiger partial charge in [-0.15, -0.1) is 0 Å². The summed E-state index contributed by atoms with van der Waals surface area (Å²) in [6.07, 6.45) is 0.800. The fraction of sp³-hybridized carbons (Fsp3) is 0.286. The maximum Gasteiger partial charge on any atom is 0.325 e. The fourth-order valence-corrected chi connectivity index (χ4v) is 4.04. The molecule has 3 rings (SSSR count). The number of carbonyl (C=O) groups excluding carboxylic acids is 3. The molecular weight excluding hydrogens is 420 g/mol. The van der Waals surface area contributed by atoms with E-state index in [1.807, 2.05) is 6.07 Å². The summed E-state index contributed by atoms with van der Waals surface area (Å²) in [7, 11) is -3.75. The molecule has 0 aliphatic carbocycles. The summed E-state index contributed by atoms with van der Waals surface area (Å²) in [5.41, 5.74) is 0.294. The Labute approximate surface area is 180 Å². The van der Waals surface area contributed by atoms with Crippen LogP contribution in [0.4, 0.5) is 4.79 Å². The van der Waals surface area contributed by atoms with E-state index in [-0.39, 0.29) is 18.0 Å². The third-order valence-electron chi connectivity index (χ3n) is 5.26. The van der Waals surface area contributed by atoms with E-state index in [0.717, 1.165) is 10.5 Å². The van der Waals surface area contributed by atoms with Gasteiger partial charge in [0, 0.05) is 6.54 Å². The highest BCUT2D eigenvalue weighted by Crippen LogP contribution is 2.32. The van der Waals surface area contributed by atoms with E-state index in [1.165, 1.54) is 12.1 Å². The van der Waals surface area contributed by atoms with Crippen LogP contribution in [-0.2, 0) is 31.6 Å². The molecule has 4 amide bonds. The number of carbonyl (C=O) groups is 3. The molecule has 4 N–H and O–H groups in total. The Morgan fingerprint density at radius 2 is 1.74 bits per heavy atom. The molecule has 0 saturated carbocycles. The summed E-state index contributed by atoms with van der Waals surface area (Å²) in [6, 6.07) is 14.3. The van der Waals surface area contributed by atoms with E-state index in [4.69, 9.17) is 5.14 Å². The molecule has 1 saturated heterocycles. The third-order valence-corrected chi connectivity index (χ3v) is 6.19. The van der Waals surface area contributed by atoms with Crippen LogP contribution in [0.3, 0.4) is 0 Å². The summed E-state index contributed by atoms with van der Waals surface area (Å²) in [5, 5.41) is 10.5. The van der Waals surface area contributed by atoms with E-state index in [1.54, 1.807) is 43.3 Å². The van der Waals surface area contributed by atoms with Gasteiger partial charge in [-0.3, -0.25) is 14.5 Å². The van der Waals surface area contributed by atoms with Gasteiger partial charge in [0.1, 0.15) is 12.1 Å². The largest absolute Gasteiger partial charge is 0.354 e. The number of rotatable bonds is 8. The average molecular weight is 445 g/mol. The van der Waals surface area contributed by atoms with Crippen LogP contribution in [0.2, 0.25) is 0 Å². The second kappa shape index (κ2) is 8.86. The lowest BCUT2D eigenvalue weighted by atomic mass is 9.87. The topological polar surface area (TPSA) is 139 Å². The lowest BCUT2D eigenvalue weighted by molar-refractivity contribution is -0.135. The van der Waals surface area contributed by atoms with Crippen LogP contribution >= 0.6 is 0 Å². The van der Waals surface area contributed by atoms with Gasteiger partial charge in [-0.2, -0.15) is 0 Å². The van der Waals surface area contributed by atoms with Crippen molar-refractivity contribution in [2.75, 3.05) is 13.1 Å². The zero-order valence-corrected chi connectivity index (χ0v) is 17.8. The molecule has 1 aliphatic rings. The Balaban J connectivity index is 1.58. The second-order valence-corrected chi connectivity index (χ2v) is 8.80. The highest BCUT2D eigenvalue weighted by Gasteiger charge is 2.51. The predicted molar refractivity (Wildman–Crippen MR) is 113 cm³/mol. The number of nitrogens with zero attached hydrogens (tertiary/aromatic N) is 1. The molecule has 2 aromatic rings. The molecule has 10 heteroatoms. The molecule has 2 aromatic carbocycles. The SMILES string of the molecule is CC[C@]1(c2ccccc2)NC(=O)N(CC(=O)NCCc2ccc(S(N)(=O)=O)cc2)C1=O. The average Bonchev–Trinajstić information content (AvgIpc) is 2.99. The first-order valence-electron chi connectivity index (χ1n) is 9.75. The Kier molecular flexibility index (Phi) is 6.42. The number of primary sulfonamides is 1. The van der Waals surface area contributed by atoms with Crippen molar-refractivity contribution in [3.63, 3.8) is 0 Å². The molecule has 0 bridgehead atoms. The van der Waals surface area contributed by atoms with Crippen molar-refractivity contribution in [3.05, 3.63) is 65.7 Å². The van der Waals surface area contributed by atoms with E-state index in [2.05, 4.69) is 10.6 Å². The van der Waals surface area contributed by atoms with Crippen molar-refractivity contribution in [1.82, 2.24) is 15.5 Å². The van der Waals surface area contributed by atoms with Crippen LogP contribution in [0, 0.1) is 0 Å². The van der Waals surface area contributed by atoms with Crippen LogP contribution < -0.4 is 15.8 Å². The molecule has 1 heterocycles. The molecule has 0 aromatic heterocycles. The quantitative estimate of drug-likeness (QED) is 0.518. The number of nitrogens with two attached hydrogens (primary N) is 1. The molecule has 1 atom stereocenters. The minimum atomic E-state index is -3.75. The predicted octanol–water partition coefficient (Wildman–Crippen LogP) is 0.850. The van der Waals surface area contributed by atoms with Gasteiger partial charge in [0.05, 0.1) is 4.90 Å². The van der Waals surface area contributed by atoms with Crippen LogP contribution in [0.25, 0.3) is 0 Å². The van der Waals surface area contributed by atoms with E-state index in [9.17, 15) is 22.8 Å². The third kappa shape index (κ3) is 4.75. The number of imide groups is 1. The van der Waals surface area contributed by atoms with Crippen LogP contribution in [0.1, 0.15) is 24.5 Å². The number of nitrogens with one attached hydrogen (secondary N) is 2. The van der Waals surface area contributed by atoms with Crippen molar-refractivity contribution in [2.45, 2.75) is 30.2 Å². The standard InChI is InChI=1S/C21H24N4O5S/c1-2-21(16-6-4-3-5-7-16)19(27)25(20(28)24-21)14-18(26)23-13-12-15-8-10-17(11-9-15)31(22,29)30/h3-11H,2,12-14H2,1H3,(H,23,26)(H,24,28)(H2,22,29,30)/t21-/m1/s1. The van der Waals surface area contributed by atoms with Crippen molar-refractivity contribution in [3.8, 4) is 0 Å². The van der Waals surface area contributed by atoms with Gasteiger partial charge in [-0.05, 0) is 36.1 Å². The fourth-order valence-electron chi connectivity index (χ4n) is 3.52. The van der Waals surface area contributed by atoms with E-state index in [0.29, 0.717) is 18.4 Å². The molecular formula is C21H24N4O5S. The minimum Gasteiger partial charge on any atom is -0.354 e. The Hall–Kier alpha value is -3.24. The van der Waals surface area contributed by atoms with Crippen molar-refractivity contribution in [1.29, 1.82) is 0 Å². The Morgan fingerprint density at radius 1 is 1.10 bits per heavy atom. The highest BCUT2D eigenvalue weighted by atomic mass is 32.2.